The molecule has 1 unspecified atom stereocenters. The molecule has 1 heterocycles. The second kappa shape index (κ2) is 8.45. The molecule has 7 heteroatoms. The number of rotatable bonds is 5. The van der Waals surface area contributed by atoms with E-state index in [9.17, 15) is 9.59 Å². The summed E-state index contributed by atoms with van der Waals surface area (Å²) < 4.78 is 1.30. The number of likely N-dealkylation sites (N-methyl/N-ethyl adjacent to an activating group) is 1. The molecule has 0 bridgehead atoms. The van der Waals surface area contributed by atoms with Crippen LogP contribution in [0.15, 0.2) is 47.3 Å². The molecule has 1 aromatic heterocycles. The lowest BCUT2D eigenvalue weighted by Crippen LogP contribution is -2.40. The lowest BCUT2D eigenvalue weighted by atomic mass is 10.2. The molecular formula is C16H21ClN4O2. The van der Waals surface area contributed by atoms with Gasteiger partial charge in [-0.25, -0.2) is 4.68 Å². The summed E-state index contributed by atoms with van der Waals surface area (Å²) in [5, 5.41) is 4.18. The number of hydrogen-bond donors (Lipinski definition) is 1. The highest BCUT2D eigenvalue weighted by molar-refractivity contribution is 5.92. The molecule has 2 rings (SSSR count). The van der Waals surface area contributed by atoms with Gasteiger partial charge in [-0.1, -0.05) is 30.3 Å². The maximum Gasteiger partial charge on any atom is 0.274 e. The van der Waals surface area contributed by atoms with E-state index < -0.39 is 0 Å². The van der Waals surface area contributed by atoms with Crippen LogP contribution in [0.5, 0.6) is 0 Å². The average molecular weight is 337 g/mol. The normalized spacial score (nSPS) is 11.4. The zero-order chi connectivity index (χ0) is 16.1. The number of halogens is 1. The van der Waals surface area contributed by atoms with Crippen molar-refractivity contribution in [1.29, 1.82) is 0 Å². The van der Waals surface area contributed by atoms with E-state index in [4.69, 9.17) is 5.73 Å². The first kappa shape index (κ1) is 18.9. The highest BCUT2D eigenvalue weighted by Gasteiger charge is 2.18. The molecule has 1 amide bonds. The number of carbonyl (C=O) groups is 1. The SMILES string of the molecule is CC(CN)N(C)C(=O)c1ccc(=O)n(Cc2ccccc2)n1.Cl. The van der Waals surface area contributed by atoms with Gasteiger partial charge in [0.15, 0.2) is 0 Å². The Hall–Kier alpha value is -2.18. The number of amides is 1. The van der Waals surface area contributed by atoms with Crippen LogP contribution in [0, 0.1) is 0 Å². The fraction of sp³-hybridized carbons (Fsp3) is 0.312. The Balaban J connectivity index is 0.00000264. The molecule has 1 aromatic carbocycles. The molecule has 2 aromatic rings. The van der Waals surface area contributed by atoms with Crippen LogP contribution in [0.4, 0.5) is 0 Å². The molecule has 0 spiro atoms. The van der Waals surface area contributed by atoms with Gasteiger partial charge in [-0.15, -0.1) is 12.4 Å². The van der Waals surface area contributed by atoms with Crippen molar-refractivity contribution in [3.05, 3.63) is 64.1 Å². The summed E-state index contributed by atoms with van der Waals surface area (Å²) in [5.41, 5.74) is 6.52. The smallest absolute Gasteiger partial charge is 0.274 e. The fourth-order valence-corrected chi connectivity index (χ4v) is 1.97. The van der Waals surface area contributed by atoms with Crippen molar-refractivity contribution in [2.45, 2.75) is 19.5 Å². The number of nitrogens with zero attached hydrogens (tertiary/aromatic N) is 3. The fourth-order valence-electron chi connectivity index (χ4n) is 1.97. The van der Waals surface area contributed by atoms with Crippen LogP contribution in [0.2, 0.25) is 0 Å². The summed E-state index contributed by atoms with van der Waals surface area (Å²) >= 11 is 0. The van der Waals surface area contributed by atoms with Crippen molar-refractivity contribution in [3.63, 3.8) is 0 Å². The predicted octanol–water partition coefficient (Wildman–Crippen LogP) is 1.13. The minimum Gasteiger partial charge on any atom is -0.336 e. The van der Waals surface area contributed by atoms with E-state index in [0.717, 1.165) is 5.56 Å². The van der Waals surface area contributed by atoms with Crippen molar-refractivity contribution in [3.8, 4) is 0 Å². The zero-order valence-electron chi connectivity index (χ0n) is 13.2. The molecular weight excluding hydrogens is 316 g/mol. The Morgan fingerprint density at radius 2 is 1.91 bits per heavy atom. The Bertz CT molecular complexity index is 703. The molecule has 6 nitrogen and oxygen atoms in total. The van der Waals surface area contributed by atoms with Gasteiger partial charge in [-0.05, 0) is 18.6 Å². The zero-order valence-corrected chi connectivity index (χ0v) is 14.0. The molecule has 0 radical (unpaired) electrons. The number of carbonyl (C=O) groups excluding carboxylic acids is 1. The first-order valence-corrected chi connectivity index (χ1v) is 7.12. The Morgan fingerprint density at radius 3 is 2.52 bits per heavy atom. The van der Waals surface area contributed by atoms with E-state index in [1.807, 2.05) is 37.3 Å². The third-order valence-electron chi connectivity index (χ3n) is 3.58. The van der Waals surface area contributed by atoms with Crippen LogP contribution < -0.4 is 11.3 Å². The third kappa shape index (κ3) is 4.64. The number of nitrogens with two attached hydrogens (primary N) is 1. The first-order chi connectivity index (χ1) is 10.5. The van der Waals surface area contributed by atoms with Gasteiger partial charge in [-0.2, -0.15) is 5.10 Å². The molecule has 124 valence electrons. The van der Waals surface area contributed by atoms with Crippen LogP contribution in [-0.2, 0) is 6.54 Å². The van der Waals surface area contributed by atoms with Gasteiger partial charge >= 0.3 is 0 Å². The second-order valence-electron chi connectivity index (χ2n) is 5.20. The standard InChI is InChI=1S/C16H20N4O2.ClH/c1-12(10-17)19(2)16(22)14-8-9-15(21)20(18-14)11-13-6-4-3-5-7-13;/h3-9,12H,10-11,17H2,1-2H3;1H. The van der Waals surface area contributed by atoms with E-state index in [-0.39, 0.29) is 35.6 Å². The molecule has 0 aliphatic carbocycles. The van der Waals surface area contributed by atoms with Crippen molar-refractivity contribution >= 4 is 18.3 Å². The highest BCUT2D eigenvalue weighted by atomic mass is 35.5. The Labute approximate surface area is 141 Å². The molecule has 0 aliphatic rings. The summed E-state index contributed by atoms with van der Waals surface area (Å²) in [4.78, 5) is 25.8. The lowest BCUT2D eigenvalue weighted by molar-refractivity contribution is 0.0739. The molecule has 2 N–H and O–H groups in total. The molecule has 0 saturated heterocycles. The minimum absolute atomic E-state index is 0. The predicted molar refractivity (Wildman–Crippen MR) is 91.9 cm³/mol. The maximum atomic E-state index is 12.4. The van der Waals surface area contributed by atoms with E-state index >= 15 is 0 Å². The summed E-state index contributed by atoms with van der Waals surface area (Å²) in [7, 11) is 1.67. The van der Waals surface area contributed by atoms with Gasteiger partial charge in [0.2, 0.25) is 0 Å². The van der Waals surface area contributed by atoms with Gasteiger partial charge in [0, 0.05) is 25.7 Å². The highest BCUT2D eigenvalue weighted by Crippen LogP contribution is 2.04. The Kier molecular flexibility index (Phi) is 6.93. The Morgan fingerprint density at radius 1 is 1.26 bits per heavy atom. The van der Waals surface area contributed by atoms with Crippen molar-refractivity contribution in [1.82, 2.24) is 14.7 Å². The van der Waals surface area contributed by atoms with Gasteiger partial charge in [0.1, 0.15) is 5.69 Å². The summed E-state index contributed by atoms with van der Waals surface area (Å²) in [6, 6.07) is 12.2. The van der Waals surface area contributed by atoms with Crippen molar-refractivity contribution < 1.29 is 4.79 Å². The monoisotopic (exact) mass is 336 g/mol. The van der Waals surface area contributed by atoms with Crippen molar-refractivity contribution in [2.75, 3.05) is 13.6 Å². The van der Waals surface area contributed by atoms with Gasteiger partial charge < -0.3 is 10.6 Å². The first-order valence-electron chi connectivity index (χ1n) is 7.12. The maximum absolute atomic E-state index is 12.4. The second-order valence-corrected chi connectivity index (χ2v) is 5.20. The number of hydrogen-bond acceptors (Lipinski definition) is 4. The van der Waals surface area contributed by atoms with Crippen molar-refractivity contribution in [2.24, 2.45) is 5.73 Å². The quantitative estimate of drug-likeness (QED) is 0.887. The van der Waals surface area contributed by atoms with Gasteiger partial charge in [0.25, 0.3) is 11.5 Å². The van der Waals surface area contributed by atoms with Crippen LogP contribution in [0.1, 0.15) is 23.0 Å². The van der Waals surface area contributed by atoms with Crippen LogP contribution in [0.3, 0.4) is 0 Å². The minimum atomic E-state index is -0.250. The topological polar surface area (TPSA) is 81.2 Å². The summed E-state index contributed by atoms with van der Waals surface area (Å²) in [6.45, 7) is 2.56. The van der Waals surface area contributed by atoms with E-state index in [1.165, 1.54) is 21.7 Å². The largest absolute Gasteiger partial charge is 0.336 e. The van der Waals surface area contributed by atoms with Crippen LogP contribution in [-0.4, -0.2) is 40.2 Å². The van der Waals surface area contributed by atoms with Gasteiger partial charge in [-0.3, -0.25) is 9.59 Å². The summed E-state index contributed by atoms with van der Waals surface area (Å²) in [6.07, 6.45) is 0. The van der Waals surface area contributed by atoms with E-state index in [2.05, 4.69) is 5.10 Å². The molecule has 1 atom stereocenters. The lowest BCUT2D eigenvalue weighted by Gasteiger charge is -2.23. The average Bonchev–Trinajstić information content (AvgIpc) is 2.55. The molecule has 0 saturated carbocycles. The molecule has 0 fully saturated rings. The van der Waals surface area contributed by atoms with E-state index in [0.29, 0.717) is 13.1 Å². The third-order valence-corrected chi connectivity index (χ3v) is 3.58. The van der Waals surface area contributed by atoms with Crippen LogP contribution >= 0.6 is 12.4 Å². The van der Waals surface area contributed by atoms with Gasteiger partial charge in [0.05, 0.1) is 6.54 Å². The number of benzene rings is 1. The van der Waals surface area contributed by atoms with E-state index in [1.54, 1.807) is 7.05 Å². The summed E-state index contributed by atoms with van der Waals surface area (Å²) in [5.74, 6) is -0.250. The van der Waals surface area contributed by atoms with Crippen LogP contribution in [0.25, 0.3) is 0 Å². The molecule has 23 heavy (non-hydrogen) atoms. The number of aromatic nitrogens is 2. The molecule has 0 aliphatic heterocycles.